The van der Waals surface area contributed by atoms with Crippen LogP contribution in [0.1, 0.15) is 70.1 Å². The molecule has 1 fully saturated rings. The quantitative estimate of drug-likeness (QED) is 0.740. The molecule has 2 aliphatic heterocycles. The van der Waals surface area contributed by atoms with Gasteiger partial charge in [0.25, 0.3) is 0 Å². The summed E-state index contributed by atoms with van der Waals surface area (Å²) in [5, 5.41) is 4.02. The Morgan fingerprint density at radius 3 is 2.71 bits per heavy atom. The molecule has 0 aliphatic carbocycles. The Labute approximate surface area is 183 Å². The van der Waals surface area contributed by atoms with Crippen LogP contribution < -0.4 is 15.7 Å². The second kappa shape index (κ2) is 7.97. The molecule has 1 saturated heterocycles. The van der Waals surface area contributed by atoms with E-state index in [0.29, 0.717) is 24.2 Å². The molecule has 168 valence electrons. The topological polar surface area (TPSA) is 77.8 Å². The van der Waals surface area contributed by atoms with Crippen molar-refractivity contribution in [2.45, 2.75) is 90.4 Å². The van der Waals surface area contributed by atoms with E-state index in [1.807, 2.05) is 26.8 Å². The van der Waals surface area contributed by atoms with Gasteiger partial charge in [0.2, 0.25) is 5.91 Å². The van der Waals surface area contributed by atoms with Gasteiger partial charge < -0.3 is 19.2 Å². The molecular weight excluding hydrogens is 394 g/mol. The summed E-state index contributed by atoms with van der Waals surface area (Å²) in [7, 11) is 0. The first-order valence-corrected chi connectivity index (χ1v) is 11.2. The Bertz CT molecular complexity index is 1070. The average molecular weight is 428 g/mol. The second-order valence-electron chi connectivity index (χ2n) is 10.2. The van der Waals surface area contributed by atoms with Gasteiger partial charge in [-0.3, -0.25) is 4.79 Å². The molecule has 0 saturated carbocycles. The van der Waals surface area contributed by atoms with Crippen LogP contribution in [0.15, 0.2) is 21.3 Å². The third-order valence-electron chi connectivity index (χ3n) is 6.52. The minimum absolute atomic E-state index is 0.0392. The van der Waals surface area contributed by atoms with E-state index in [1.54, 1.807) is 0 Å². The summed E-state index contributed by atoms with van der Waals surface area (Å²) >= 11 is 0. The lowest BCUT2D eigenvalue weighted by Gasteiger charge is -2.35. The van der Waals surface area contributed by atoms with E-state index >= 15 is 0 Å². The van der Waals surface area contributed by atoms with Gasteiger partial charge in [-0.1, -0.05) is 0 Å². The summed E-state index contributed by atoms with van der Waals surface area (Å²) < 4.78 is 17.4. The summed E-state index contributed by atoms with van der Waals surface area (Å²) in [5.74, 6) is 0.750. The van der Waals surface area contributed by atoms with Crippen LogP contribution in [-0.2, 0) is 22.4 Å². The van der Waals surface area contributed by atoms with E-state index in [-0.39, 0.29) is 35.2 Å². The van der Waals surface area contributed by atoms with Crippen molar-refractivity contribution in [3.63, 3.8) is 0 Å². The van der Waals surface area contributed by atoms with E-state index in [0.717, 1.165) is 47.9 Å². The van der Waals surface area contributed by atoms with Crippen LogP contribution in [0.4, 0.5) is 0 Å². The fourth-order valence-corrected chi connectivity index (χ4v) is 4.72. The highest BCUT2D eigenvalue weighted by atomic mass is 16.5. The number of nitrogens with one attached hydrogen (secondary N) is 1. The molecule has 1 aromatic heterocycles. The second-order valence-corrected chi connectivity index (χ2v) is 10.2. The Morgan fingerprint density at radius 2 is 1.97 bits per heavy atom. The molecule has 6 heteroatoms. The monoisotopic (exact) mass is 427 g/mol. The fraction of sp³-hybridized carbons (Fsp3) is 0.600. The number of carbonyl (C=O) groups excluding carboxylic acids is 1. The number of benzene rings is 1. The summed E-state index contributed by atoms with van der Waals surface area (Å²) in [6.45, 7) is 10.8. The number of rotatable bonds is 4. The minimum atomic E-state index is -0.375. The predicted molar refractivity (Wildman–Crippen MR) is 120 cm³/mol. The van der Waals surface area contributed by atoms with E-state index in [2.05, 4.69) is 25.2 Å². The van der Waals surface area contributed by atoms with Crippen molar-refractivity contribution >= 4 is 16.9 Å². The van der Waals surface area contributed by atoms with Gasteiger partial charge in [0.05, 0.1) is 5.60 Å². The molecule has 2 aliphatic rings. The maximum Gasteiger partial charge on any atom is 0.339 e. The zero-order valence-corrected chi connectivity index (χ0v) is 19.2. The van der Waals surface area contributed by atoms with Gasteiger partial charge in [-0.25, -0.2) is 4.79 Å². The van der Waals surface area contributed by atoms with Crippen molar-refractivity contribution in [2.24, 2.45) is 0 Å². The number of fused-ring (bicyclic) bond motifs is 2. The lowest BCUT2D eigenvalue weighted by Crippen LogP contribution is -2.45. The first kappa shape index (κ1) is 21.9. The molecule has 0 unspecified atom stereocenters. The highest BCUT2D eigenvalue weighted by Gasteiger charge is 2.30. The Kier molecular flexibility index (Phi) is 5.63. The zero-order valence-electron chi connectivity index (χ0n) is 19.2. The molecule has 3 heterocycles. The van der Waals surface area contributed by atoms with Crippen LogP contribution in [0.25, 0.3) is 11.0 Å². The van der Waals surface area contributed by atoms with Crippen LogP contribution in [0.3, 0.4) is 0 Å². The van der Waals surface area contributed by atoms with Crippen LogP contribution in [0.2, 0.25) is 0 Å². The Hall–Kier alpha value is -2.34. The molecule has 1 amide bonds. The SMILES string of the molecule is Cc1c(CCC(=O)N[C@@H]2CCOC(C)(C)C2)c(=O)oc2cc3c(cc12)CCC(C)(C)O3. The number of ether oxygens (including phenoxy) is 2. The van der Waals surface area contributed by atoms with Crippen molar-refractivity contribution in [3.8, 4) is 5.75 Å². The summed E-state index contributed by atoms with van der Waals surface area (Å²) in [4.78, 5) is 25.2. The van der Waals surface area contributed by atoms with Crippen LogP contribution in [0, 0.1) is 6.92 Å². The van der Waals surface area contributed by atoms with Gasteiger partial charge in [0, 0.05) is 36.1 Å². The fourth-order valence-electron chi connectivity index (χ4n) is 4.72. The normalized spacial score (nSPS) is 21.9. The molecule has 1 aromatic carbocycles. The van der Waals surface area contributed by atoms with Crippen LogP contribution in [-0.4, -0.2) is 29.8 Å². The van der Waals surface area contributed by atoms with Gasteiger partial charge in [0.1, 0.15) is 16.9 Å². The third kappa shape index (κ3) is 4.79. The first-order valence-electron chi connectivity index (χ1n) is 11.2. The Morgan fingerprint density at radius 1 is 1.19 bits per heavy atom. The van der Waals surface area contributed by atoms with Crippen molar-refractivity contribution in [2.75, 3.05) is 6.61 Å². The van der Waals surface area contributed by atoms with Gasteiger partial charge in [0.15, 0.2) is 0 Å². The van der Waals surface area contributed by atoms with Gasteiger partial charge in [-0.05, 0) is 83.9 Å². The number of hydrogen-bond acceptors (Lipinski definition) is 5. The summed E-state index contributed by atoms with van der Waals surface area (Å²) in [5.41, 5.74) is 2.32. The standard InChI is InChI=1S/C25H33NO5/c1-15-18(6-7-22(27)26-17-9-11-29-25(4,5)14-17)23(28)30-21-13-20-16(12-19(15)21)8-10-24(2,3)31-20/h12-13,17H,6-11,14H2,1-5H3,(H,26,27)/t17-/m1/s1. The van der Waals surface area contributed by atoms with E-state index in [9.17, 15) is 9.59 Å². The van der Waals surface area contributed by atoms with E-state index < -0.39 is 0 Å². The number of aryl methyl sites for hydroxylation is 2. The average Bonchev–Trinajstić information content (AvgIpc) is 2.65. The van der Waals surface area contributed by atoms with Crippen molar-refractivity contribution < 1.29 is 18.7 Å². The number of hydrogen-bond donors (Lipinski definition) is 1. The third-order valence-corrected chi connectivity index (χ3v) is 6.52. The molecule has 1 atom stereocenters. The molecule has 1 N–H and O–H groups in total. The summed E-state index contributed by atoms with van der Waals surface area (Å²) in [6, 6.07) is 4.02. The van der Waals surface area contributed by atoms with Crippen molar-refractivity contribution in [1.29, 1.82) is 0 Å². The molecular formula is C25H33NO5. The van der Waals surface area contributed by atoms with E-state index in [1.165, 1.54) is 0 Å². The smallest absolute Gasteiger partial charge is 0.339 e. The minimum Gasteiger partial charge on any atom is -0.487 e. The van der Waals surface area contributed by atoms with Crippen molar-refractivity contribution in [1.82, 2.24) is 5.32 Å². The maximum absolute atomic E-state index is 12.7. The largest absolute Gasteiger partial charge is 0.487 e. The van der Waals surface area contributed by atoms with Gasteiger partial charge >= 0.3 is 5.63 Å². The Balaban J connectivity index is 1.50. The van der Waals surface area contributed by atoms with Crippen LogP contribution >= 0.6 is 0 Å². The van der Waals surface area contributed by atoms with E-state index in [4.69, 9.17) is 13.9 Å². The zero-order chi connectivity index (χ0) is 22.4. The van der Waals surface area contributed by atoms with Gasteiger partial charge in [-0.15, -0.1) is 0 Å². The first-order chi connectivity index (χ1) is 14.5. The lowest BCUT2D eigenvalue weighted by atomic mass is 9.92. The maximum atomic E-state index is 12.7. The predicted octanol–water partition coefficient (Wildman–Crippen LogP) is 4.21. The highest BCUT2D eigenvalue weighted by molar-refractivity contribution is 5.84. The molecule has 2 aromatic rings. The highest BCUT2D eigenvalue weighted by Crippen LogP contribution is 2.36. The van der Waals surface area contributed by atoms with Crippen molar-refractivity contribution in [3.05, 3.63) is 39.2 Å². The number of carbonyl (C=O) groups is 1. The molecule has 0 spiro atoms. The molecule has 0 radical (unpaired) electrons. The molecule has 4 rings (SSSR count). The van der Waals surface area contributed by atoms with Gasteiger partial charge in [-0.2, -0.15) is 0 Å². The lowest BCUT2D eigenvalue weighted by molar-refractivity contribution is -0.124. The molecule has 6 nitrogen and oxygen atoms in total. The summed E-state index contributed by atoms with van der Waals surface area (Å²) in [6.07, 6.45) is 4.10. The molecule has 31 heavy (non-hydrogen) atoms. The molecule has 0 bridgehead atoms. The van der Waals surface area contributed by atoms with Crippen LogP contribution in [0.5, 0.6) is 5.75 Å². The number of amides is 1.